The molecular weight excluding hydrogens is 366 g/mol. The van der Waals surface area contributed by atoms with Crippen molar-refractivity contribution in [3.63, 3.8) is 0 Å². The highest BCUT2D eigenvalue weighted by atomic mass is 32.2. The van der Waals surface area contributed by atoms with Gasteiger partial charge in [0.25, 0.3) is 0 Å². The first-order valence-corrected chi connectivity index (χ1v) is 9.86. The van der Waals surface area contributed by atoms with Crippen LogP contribution in [0.4, 0.5) is 23.1 Å². The number of anilines is 4. The highest BCUT2D eigenvalue weighted by Crippen LogP contribution is 2.30. The molecule has 0 unspecified atom stereocenters. The standard InChI is InChI=1S/C18H19N5O3S/c1-26-16-9-4-3-8-14(16)15-11-17(22-18(19)21-15)20-12-6-5-7-13(10-12)23-27(2,24)25/h3-11,23H,1-2H3,(H3,19,20,21,22). The minimum Gasteiger partial charge on any atom is -0.496 e. The van der Waals surface area contributed by atoms with Gasteiger partial charge in [0, 0.05) is 17.3 Å². The topological polar surface area (TPSA) is 119 Å². The Morgan fingerprint density at radius 2 is 1.74 bits per heavy atom. The number of para-hydroxylation sites is 1. The highest BCUT2D eigenvalue weighted by molar-refractivity contribution is 7.92. The van der Waals surface area contributed by atoms with Gasteiger partial charge in [-0.25, -0.2) is 13.4 Å². The number of aromatic nitrogens is 2. The Morgan fingerprint density at radius 3 is 2.48 bits per heavy atom. The summed E-state index contributed by atoms with van der Waals surface area (Å²) < 4.78 is 30.6. The summed E-state index contributed by atoms with van der Waals surface area (Å²) in [5, 5.41) is 3.11. The van der Waals surface area contributed by atoms with Crippen molar-refractivity contribution in [3.05, 3.63) is 54.6 Å². The van der Waals surface area contributed by atoms with E-state index in [1.54, 1.807) is 37.4 Å². The fraction of sp³-hybridized carbons (Fsp3) is 0.111. The van der Waals surface area contributed by atoms with Crippen LogP contribution in [0.25, 0.3) is 11.3 Å². The summed E-state index contributed by atoms with van der Waals surface area (Å²) in [7, 11) is -1.78. The second-order valence-electron chi connectivity index (χ2n) is 5.78. The molecule has 1 aromatic heterocycles. The lowest BCUT2D eigenvalue weighted by Crippen LogP contribution is -2.09. The molecule has 27 heavy (non-hydrogen) atoms. The minimum atomic E-state index is -3.36. The van der Waals surface area contributed by atoms with E-state index in [9.17, 15) is 8.42 Å². The number of nitrogen functional groups attached to an aromatic ring is 1. The molecule has 4 N–H and O–H groups in total. The van der Waals surface area contributed by atoms with Crippen molar-refractivity contribution in [1.82, 2.24) is 9.97 Å². The van der Waals surface area contributed by atoms with Crippen LogP contribution in [0, 0.1) is 0 Å². The second-order valence-corrected chi connectivity index (χ2v) is 7.53. The second kappa shape index (κ2) is 7.50. The van der Waals surface area contributed by atoms with E-state index in [4.69, 9.17) is 10.5 Å². The van der Waals surface area contributed by atoms with Gasteiger partial charge in [-0.15, -0.1) is 0 Å². The SMILES string of the molecule is COc1ccccc1-c1cc(Nc2cccc(NS(C)(=O)=O)c2)nc(N)n1. The van der Waals surface area contributed by atoms with E-state index in [-0.39, 0.29) is 5.95 Å². The molecule has 140 valence electrons. The van der Waals surface area contributed by atoms with E-state index in [1.807, 2.05) is 24.3 Å². The van der Waals surface area contributed by atoms with Crippen molar-refractivity contribution in [1.29, 1.82) is 0 Å². The lowest BCUT2D eigenvalue weighted by molar-refractivity contribution is 0.416. The maximum Gasteiger partial charge on any atom is 0.229 e. The summed E-state index contributed by atoms with van der Waals surface area (Å²) in [6.45, 7) is 0. The molecule has 0 saturated carbocycles. The summed E-state index contributed by atoms with van der Waals surface area (Å²) in [6, 6.07) is 16.0. The molecule has 0 bridgehead atoms. The number of benzene rings is 2. The number of hydrogen-bond donors (Lipinski definition) is 3. The van der Waals surface area contributed by atoms with E-state index in [0.29, 0.717) is 28.6 Å². The zero-order valence-electron chi connectivity index (χ0n) is 14.8. The summed E-state index contributed by atoms with van der Waals surface area (Å²) in [4.78, 5) is 8.47. The number of sulfonamides is 1. The van der Waals surface area contributed by atoms with Gasteiger partial charge in [-0.05, 0) is 30.3 Å². The molecule has 8 nitrogen and oxygen atoms in total. The van der Waals surface area contributed by atoms with Gasteiger partial charge in [0.15, 0.2) is 0 Å². The molecule has 9 heteroatoms. The maximum atomic E-state index is 11.4. The van der Waals surface area contributed by atoms with Crippen LogP contribution in [0.3, 0.4) is 0 Å². The smallest absolute Gasteiger partial charge is 0.229 e. The number of hydrogen-bond acceptors (Lipinski definition) is 7. The van der Waals surface area contributed by atoms with Crippen molar-refractivity contribution in [3.8, 4) is 17.0 Å². The van der Waals surface area contributed by atoms with Crippen LogP contribution in [0.1, 0.15) is 0 Å². The van der Waals surface area contributed by atoms with Gasteiger partial charge in [0.2, 0.25) is 16.0 Å². The van der Waals surface area contributed by atoms with Gasteiger partial charge >= 0.3 is 0 Å². The molecule has 0 spiro atoms. The molecule has 3 rings (SSSR count). The highest BCUT2D eigenvalue weighted by Gasteiger charge is 2.10. The Labute approximate surface area is 157 Å². The van der Waals surface area contributed by atoms with E-state index < -0.39 is 10.0 Å². The van der Waals surface area contributed by atoms with Gasteiger partial charge in [-0.3, -0.25) is 4.72 Å². The van der Waals surface area contributed by atoms with Crippen LogP contribution >= 0.6 is 0 Å². The molecule has 3 aromatic rings. The Morgan fingerprint density at radius 1 is 1.00 bits per heavy atom. The average Bonchev–Trinajstić information content (AvgIpc) is 2.60. The van der Waals surface area contributed by atoms with Crippen LogP contribution in [0.15, 0.2) is 54.6 Å². The number of nitrogens with two attached hydrogens (primary N) is 1. The third kappa shape index (κ3) is 4.85. The third-order valence-electron chi connectivity index (χ3n) is 3.56. The van der Waals surface area contributed by atoms with E-state index in [0.717, 1.165) is 11.8 Å². The third-order valence-corrected chi connectivity index (χ3v) is 4.17. The Bertz CT molecular complexity index is 1070. The number of ether oxygens (including phenoxy) is 1. The largest absolute Gasteiger partial charge is 0.496 e. The van der Waals surface area contributed by atoms with Crippen LogP contribution in [0.2, 0.25) is 0 Å². The van der Waals surface area contributed by atoms with Crippen molar-refractivity contribution < 1.29 is 13.2 Å². The molecule has 2 aromatic carbocycles. The Balaban J connectivity index is 1.93. The van der Waals surface area contributed by atoms with E-state index in [2.05, 4.69) is 20.0 Å². The molecule has 0 aliphatic carbocycles. The van der Waals surface area contributed by atoms with Crippen molar-refractivity contribution in [2.24, 2.45) is 0 Å². The molecule has 0 aliphatic rings. The van der Waals surface area contributed by atoms with Crippen LogP contribution in [0.5, 0.6) is 5.75 Å². The zero-order valence-corrected chi connectivity index (χ0v) is 15.6. The normalized spacial score (nSPS) is 11.0. The molecule has 0 fully saturated rings. The monoisotopic (exact) mass is 385 g/mol. The molecule has 1 heterocycles. The van der Waals surface area contributed by atoms with Crippen LogP contribution < -0.4 is 20.5 Å². The number of methoxy groups -OCH3 is 1. The summed E-state index contributed by atoms with van der Waals surface area (Å²) >= 11 is 0. The fourth-order valence-corrected chi connectivity index (χ4v) is 3.10. The molecule has 0 atom stereocenters. The summed E-state index contributed by atoms with van der Waals surface area (Å²) in [6.07, 6.45) is 1.09. The Kier molecular flexibility index (Phi) is 5.13. The maximum absolute atomic E-state index is 11.4. The van der Waals surface area contributed by atoms with Crippen molar-refractivity contribution in [2.75, 3.05) is 29.1 Å². The molecular formula is C18H19N5O3S. The van der Waals surface area contributed by atoms with Gasteiger partial charge in [-0.1, -0.05) is 18.2 Å². The molecule has 0 radical (unpaired) electrons. The van der Waals surface area contributed by atoms with Gasteiger partial charge in [0.1, 0.15) is 11.6 Å². The molecule has 0 saturated heterocycles. The first-order chi connectivity index (χ1) is 12.8. The van der Waals surface area contributed by atoms with Gasteiger partial charge in [-0.2, -0.15) is 4.98 Å². The fourth-order valence-electron chi connectivity index (χ4n) is 2.55. The van der Waals surface area contributed by atoms with Crippen molar-refractivity contribution >= 4 is 33.2 Å². The number of nitrogens with one attached hydrogen (secondary N) is 2. The number of rotatable bonds is 6. The predicted octanol–water partition coefficient (Wildman–Crippen LogP) is 2.85. The summed E-state index contributed by atoms with van der Waals surface area (Å²) in [5.74, 6) is 1.24. The Hall–Kier alpha value is -3.33. The first-order valence-electron chi connectivity index (χ1n) is 7.97. The minimum absolute atomic E-state index is 0.103. The van der Waals surface area contributed by atoms with Gasteiger partial charge < -0.3 is 15.8 Å². The summed E-state index contributed by atoms with van der Waals surface area (Å²) in [5.41, 5.74) is 8.33. The predicted molar refractivity (Wildman–Crippen MR) is 107 cm³/mol. The lowest BCUT2D eigenvalue weighted by atomic mass is 10.1. The first kappa shape index (κ1) is 18.5. The molecule has 0 aliphatic heterocycles. The molecule has 0 amide bonds. The zero-order chi connectivity index (χ0) is 19.4. The van der Waals surface area contributed by atoms with Crippen LogP contribution in [-0.2, 0) is 10.0 Å². The number of nitrogens with zero attached hydrogens (tertiary/aromatic N) is 2. The average molecular weight is 385 g/mol. The van der Waals surface area contributed by atoms with E-state index in [1.165, 1.54) is 0 Å². The van der Waals surface area contributed by atoms with Crippen LogP contribution in [-0.4, -0.2) is 31.8 Å². The lowest BCUT2D eigenvalue weighted by Gasteiger charge is -2.12. The van der Waals surface area contributed by atoms with Crippen molar-refractivity contribution in [2.45, 2.75) is 0 Å². The van der Waals surface area contributed by atoms with Gasteiger partial charge in [0.05, 0.1) is 24.7 Å². The van der Waals surface area contributed by atoms with E-state index >= 15 is 0 Å². The quantitative estimate of drug-likeness (QED) is 0.597.